The molecule has 0 radical (unpaired) electrons. The number of quaternary nitrogens is 1. The highest BCUT2D eigenvalue weighted by Crippen LogP contribution is 2.17. The SMILES string of the molecule is [O-]C1=N[N+]2(C=C1)CCOCC2. The lowest BCUT2D eigenvalue weighted by atomic mass is 10.4. The molecule has 2 aliphatic rings. The van der Waals surface area contributed by atoms with E-state index in [9.17, 15) is 5.11 Å². The van der Waals surface area contributed by atoms with Crippen LogP contribution in [0.3, 0.4) is 0 Å². The first-order valence-corrected chi connectivity index (χ1v) is 3.72. The Morgan fingerprint density at radius 1 is 1.45 bits per heavy atom. The van der Waals surface area contributed by atoms with E-state index in [4.69, 9.17) is 4.74 Å². The molecule has 1 spiro atoms. The smallest absolute Gasteiger partial charge is 0.131 e. The second-order valence-corrected chi connectivity index (χ2v) is 2.80. The Kier molecular flexibility index (Phi) is 1.44. The minimum Gasteiger partial charge on any atom is -0.855 e. The van der Waals surface area contributed by atoms with Gasteiger partial charge in [-0.3, -0.25) is 0 Å². The van der Waals surface area contributed by atoms with Crippen molar-refractivity contribution in [1.29, 1.82) is 0 Å². The van der Waals surface area contributed by atoms with Gasteiger partial charge in [0.25, 0.3) is 0 Å². The molecule has 0 bridgehead atoms. The summed E-state index contributed by atoms with van der Waals surface area (Å²) >= 11 is 0. The van der Waals surface area contributed by atoms with Gasteiger partial charge in [-0.05, 0) is 0 Å². The summed E-state index contributed by atoms with van der Waals surface area (Å²) in [5.41, 5.74) is 0. The first kappa shape index (κ1) is 6.82. The van der Waals surface area contributed by atoms with Crippen molar-refractivity contribution in [2.45, 2.75) is 0 Å². The fraction of sp³-hybridized carbons (Fsp3) is 0.571. The Balaban J connectivity index is 2.17. The molecule has 2 rings (SSSR count). The van der Waals surface area contributed by atoms with E-state index in [-0.39, 0.29) is 5.90 Å². The fourth-order valence-electron chi connectivity index (χ4n) is 1.37. The number of ether oxygens (including phenoxy) is 1. The predicted octanol–water partition coefficient (Wildman–Crippen LogP) is -0.965. The predicted molar refractivity (Wildman–Crippen MR) is 37.4 cm³/mol. The summed E-state index contributed by atoms with van der Waals surface area (Å²) in [7, 11) is 0. The van der Waals surface area contributed by atoms with Crippen LogP contribution in [0.25, 0.3) is 0 Å². The Hall–Kier alpha value is -0.870. The molecule has 0 aromatic rings. The topological polar surface area (TPSA) is 44.7 Å². The van der Waals surface area contributed by atoms with Crippen LogP contribution in [0.4, 0.5) is 0 Å². The van der Waals surface area contributed by atoms with Gasteiger partial charge < -0.3 is 9.84 Å². The highest BCUT2D eigenvalue weighted by molar-refractivity contribution is 5.83. The molecular formula is C7H10N2O2. The van der Waals surface area contributed by atoms with E-state index in [1.165, 1.54) is 6.08 Å². The minimum atomic E-state index is -0.119. The maximum absolute atomic E-state index is 10.8. The van der Waals surface area contributed by atoms with E-state index in [1.807, 2.05) is 6.20 Å². The van der Waals surface area contributed by atoms with Gasteiger partial charge in [-0.2, -0.15) is 4.59 Å². The van der Waals surface area contributed by atoms with Crippen LogP contribution in [0.1, 0.15) is 0 Å². The molecule has 4 nitrogen and oxygen atoms in total. The first-order valence-electron chi connectivity index (χ1n) is 3.72. The van der Waals surface area contributed by atoms with Crippen LogP contribution in [0.2, 0.25) is 0 Å². The standard InChI is InChI=1S/C7H10N2O2/c10-7-1-2-9(8-7)3-5-11-6-4-9/h1-2H,3-6H2. The number of nitrogens with zero attached hydrogens (tertiary/aromatic N) is 2. The van der Waals surface area contributed by atoms with Crippen LogP contribution in [0, 0.1) is 0 Å². The van der Waals surface area contributed by atoms with Gasteiger partial charge in [0.05, 0.1) is 19.1 Å². The Morgan fingerprint density at radius 3 is 2.73 bits per heavy atom. The van der Waals surface area contributed by atoms with Crippen molar-refractivity contribution in [3.63, 3.8) is 0 Å². The van der Waals surface area contributed by atoms with Gasteiger partial charge in [0.15, 0.2) is 0 Å². The molecule has 11 heavy (non-hydrogen) atoms. The summed E-state index contributed by atoms with van der Waals surface area (Å²) in [4.78, 5) is 0. The van der Waals surface area contributed by atoms with Gasteiger partial charge in [0, 0.05) is 6.08 Å². The van der Waals surface area contributed by atoms with Crippen LogP contribution < -0.4 is 5.11 Å². The molecule has 0 saturated carbocycles. The Bertz CT molecular complexity index is 216. The van der Waals surface area contributed by atoms with Crippen molar-refractivity contribution >= 4 is 5.90 Å². The molecule has 0 amide bonds. The van der Waals surface area contributed by atoms with Crippen molar-refractivity contribution in [3.05, 3.63) is 12.3 Å². The molecule has 0 N–H and O–H groups in total. The van der Waals surface area contributed by atoms with Gasteiger partial charge in [0.2, 0.25) is 0 Å². The van der Waals surface area contributed by atoms with Crippen molar-refractivity contribution in [3.8, 4) is 0 Å². The summed E-state index contributed by atoms with van der Waals surface area (Å²) in [6.07, 6.45) is 3.39. The first-order chi connectivity index (χ1) is 5.31. The lowest BCUT2D eigenvalue weighted by molar-refractivity contribution is -0.892. The monoisotopic (exact) mass is 154 g/mol. The number of hydrogen-bond acceptors (Lipinski definition) is 3. The zero-order valence-corrected chi connectivity index (χ0v) is 6.19. The molecule has 4 heteroatoms. The van der Waals surface area contributed by atoms with E-state index in [1.54, 1.807) is 0 Å². The number of hydrogen-bond donors (Lipinski definition) is 0. The van der Waals surface area contributed by atoms with E-state index >= 15 is 0 Å². The molecule has 0 unspecified atom stereocenters. The second kappa shape index (κ2) is 2.32. The normalized spacial score (nSPS) is 27.5. The summed E-state index contributed by atoms with van der Waals surface area (Å²) in [5, 5.41) is 14.8. The summed E-state index contributed by atoms with van der Waals surface area (Å²) in [6, 6.07) is 0. The van der Waals surface area contributed by atoms with E-state index in [0.717, 1.165) is 13.1 Å². The average Bonchev–Trinajstić information content (AvgIpc) is 2.34. The van der Waals surface area contributed by atoms with E-state index < -0.39 is 0 Å². The molecule has 2 aliphatic heterocycles. The van der Waals surface area contributed by atoms with Crippen molar-refractivity contribution < 1.29 is 14.4 Å². The minimum absolute atomic E-state index is 0.119. The molecule has 0 aliphatic carbocycles. The van der Waals surface area contributed by atoms with Crippen LogP contribution in [0.5, 0.6) is 0 Å². The van der Waals surface area contributed by atoms with Gasteiger partial charge in [0.1, 0.15) is 19.3 Å². The molecule has 2 heterocycles. The number of rotatable bonds is 0. The van der Waals surface area contributed by atoms with Crippen LogP contribution in [-0.4, -0.2) is 36.8 Å². The van der Waals surface area contributed by atoms with Gasteiger partial charge in [-0.1, -0.05) is 5.10 Å². The zero-order chi connectivity index (χ0) is 7.73. The molecule has 1 saturated heterocycles. The molecule has 0 atom stereocenters. The summed E-state index contributed by atoms with van der Waals surface area (Å²) < 4.78 is 5.63. The number of morpholine rings is 1. The fourth-order valence-corrected chi connectivity index (χ4v) is 1.37. The molecule has 0 aromatic heterocycles. The van der Waals surface area contributed by atoms with E-state index in [2.05, 4.69) is 5.10 Å². The third-order valence-electron chi connectivity index (χ3n) is 2.04. The van der Waals surface area contributed by atoms with Crippen molar-refractivity contribution in [2.75, 3.05) is 26.3 Å². The quantitative estimate of drug-likeness (QED) is 0.421. The summed E-state index contributed by atoms with van der Waals surface area (Å²) in [5.74, 6) is -0.119. The lowest BCUT2D eigenvalue weighted by Crippen LogP contribution is -2.45. The van der Waals surface area contributed by atoms with Crippen molar-refractivity contribution in [1.82, 2.24) is 0 Å². The summed E-state index contributed by atoms with van der Waals surface area (Å²) in [6.45, 7) is 2.98. The average molecular weight is 154 g/mol. The highest BCUT2D eigenvalue weighted by atomic mass is 16.5. The maximum Gasteiger partial charge on any atom is 0.131 e. The molecular weight excluding hydrogens is 144 g/mol. The molecule has 1 fully saturated rings. The Morgan fingerprint density at radius 2 is 2.18 bits per heavy atom. The molecule has 0 aromatic carbocycles. The molecule has 60 valence electrons. The van der Waals surface area contributed by atoms with Gasteiger partial charge in [-0.25, -0.2) is 0 Å². The third kappa shape index (κ3) is 1.15. The van der Waals surface area contributed by atoms with E-state index in [0.29, 0.717) is 17.8 Å². The third-order valence-corrected chi connectivity index (χ3v) is 2.04. The van der Waals surface area contributed by atoms with Crippen molar-refractivity contribution in [2.24, 2.45) is 5.10 Å². The lowest BCUT2D eigenvalue weighted by Gasteiger charge is -2.29. The maximum atomic E-state index is 10.8. The highest BCUT2D eigenvalue weighted by Gasteiger charge is 2.30. The largest absolute Gasteiger partial charge is 0.855 e. The van der Waals surface area contributed by atoms with Gasteiger partial charge in [-0.15, -0.1) is 0 Å². The van der Waals surface area contributed by atoms with Crippen LogP contribution in [0.15, 0.2) is 17.4 Å². The van der Waals surface area contributed by atoms with Crippen LogP contribution in [-0.2, 0) is 4.74 Å². The van der Waals surface area contributed by atoms with Gasteiger partial charge >= 0.3 is 0 Å². The Labute approximate surface area is 65.0 Å². The van der Waals surface area contributed by atoms with Crippen LogP contribution >= 0.6 is 0 Å². The zero-order valence-electron chi connectivity index (χ0n) is 6.19. The second-order valence-electron chi connectivity index (χ2n) is 2.80.